The quantitative estimate of drug-likeness (QED) is 0.516. The Balaban J connectivity index is 2.60. The van der Waals surface area contributed by atoms with E-state index in [0.29, 0.717) is 17.2 Å². The van der Waals surface area contributed by atoms with Crippen LogP contribution in [0.2, 0.25) is 5.02 Å². The molecule has 4 N–H and O–H groups in total. The van der Waals surface area contributed by atoms with Gasteiger partial charge in [0, 0.05) is 23.6 Å². The molecular formula is C10H12ClN3. The predicted octanol–water partition coefficient (Wildman–Crippen LogP) is 2.23. The van der Waals surface area contributed by atoms with Gasteiger partial charge in [-0.15, -0.1) is 0 Å². The van der Waals surface area contributed by atoms with Gasteiger partial charge in [-0.1, -0.05) is 23.7 Å². The van der Waals surface area contributed by atoms with E-state index in [-0.39, 0.29) is 12.3 Å². The van der Waals surface area contributed by atoms with E-state index in [1.54, 1.807) is 6.07 Å². The van der Waals surface area contributed by atoms with Crippen LogP contribution in [-0.2, 0) is 6.42 Å². The summed E-state index contributed by atoms with van der Waals surface area (Å²) >= 11 is 5.80. The Kier molecular flexibility index (Phi) is 3.65. The Morgan fingerprint density at radius 2 is 2.07 bits per heavy atom. The Labute approximate surface area is 87.9 Å². The van der Waals surface area contributed by atoms with Gasteiger partial charge in [-0.3, -0.25) is 5.41 Å². The minimum atomic E-state index is 0.0250. The molecule has 0 unspecified atom stereocenters. The highest BCUT2D eigenvalue weighted by atomic mass is 35.5. The summed E-state index contributed by atoms with van der Waals surface area (Å²) in [7, 11) is 0. The summed E-state index contributed by atoms with van der Waals surface area (Å²) in [5, 5.41) is 15.3. The van der Waals surface area contributed by atoms with Crippen molar-refractivity contribution < 1.29 is 0 Å². The van der Waals surface area contributed by atoms with Crippen molar-refractivity contribution >= 4 is 23.1 Å². The number of hydrogen-bond donors (Lipinski definition) is 3. The zero-order valence-electron chi connectivity index (χ0n) is 7.68. The van der Waals surface area contributed by atoms with Gasteiger partial charge in [-0.2, -0.15) is 0 Å². The molecule has 1 aromatic rings. The van der Waals surface area contributed by atoms with Gasteiger partial charge in [-0.25, -0.2) is 0 Å². The molecule has 0 aliphatic rings. The number of halogens is 1. The summed E-state index contributed by atoms with van der Waals surface area (Å²) in [6.07, 6.45) is 0.729. The van der Waals surface area contributed by atoms with Crippen LogP contribution in [0, 0.1) is 10.8 Å². The maximum Gasteiger partial charge on any atom is 0.0962 e. The summed E-state index contributed by atoms with van der Waals surface area (Å²) in [5.74, 6) is 0.0250. The maximum atomic E-state index is 7.56. The van der Waals surface area contributed by atoms with E-state index in [1.165, 1.54) is 0 Å². The molecule has 0 bridgehead atoms. The summed E-state index contributed by atoms with van der Waals surface area (Å²) in [6.45, 7) is 0. The Bertz CT molecular complexity index is 360. The second-order valence-electron chi connectivity index (χ2n) is 3.11. The van der Waals surface area contributed by atoms with Crippen molar-refractivity contribution in [3.05, 3.63) is 34.9 Å². The van der Waals surface area contributed by atoms with Gasteiger partial charge in [0.2, 0.25) is 0 Å². The van der Waals surface area contributed by atoms with Gasteiger partial charge in [-0.05, 0) is 17.7 Å². The molecule has 0 saturated heterocycles. The fraction of sp³-hybridized carbons (Fsp3) is 0.200. The van der Waals surface area contributed by atoms with Gasteiger partial charge in [0.15, 0.2) is 0 Å². The van der Waals surface area contributed by atoms with Gasteiger partial charge >= 0.3 is 0 Å². The summed E-state index contributed by atoms with van der Waals surface area (Å²) in [4.78, 5) is 0. The number of benzene rings is 1. The minimum absolute atomic E-state index is 0.0250. The fourth-order valence-electron chi connectivity index (χ4n) is 1.19. The van der Waals surface area contributed by atoms with Gasteiger partial charge in [0.1, 0.15) is 0 Å². The number of rotatable bonds is 4. The summed E-state index contributed by atoms with van der Waals surface area (Å²) in [6, 6.07) is 7.36. The highest BCUT2D eigenvalue weighted by molar-refractivity contribution is 6.30. The summed E-state index contributed by atoms with van der Waals surface area (Å²) < 4.78 is 0. The predicted molar refractivity (Wildman–Crippen MR) is 59.4 cm³/mol. The van der Waals surface area contributed by atoms with E-state index in [4.69, 9.17) is 28.2 Å². The Morgan fingerprint density at radius 3 is 2.64 bits per heavy atom. The van der Waals surface area contributed by atoms with Crippen LogP contribution in [0.5, 0.6) is 0 Å². The van der Waals surface area contributed by atoms with Crippen LogP contribution in [0.15, 0.2) is 24.3 Å². The molecule has 0 radical (unpaired) electrons. The van der Waals surface area contributed by atoms with Gasteiger partial charge in [0.05, 0.1) is 5.84 Å². The molecule has 0 fully saturated rings. The SMILES string of the molecule is N=C(N)CC(=N)Cc1cccc(Cl)c1. The van der Waals surface area contributed by atoms with Crippen LogP contribution < -0.4 is 5.73 Å². The molecule has 0 amide bonds. The highest BCUT2D eigenvalue weighted by Crippen LogP contribution is 2.11. The molecule has 14 heavy (non-hydrogen) atoms. The monoisotopic (exact) mass is 209 g/mol. The molecule has 0 aliphatic heterocycles. The molecule has 0 heterocycles. The molecule has 0 spiro atoms. The molecule has 4 heteroatoms. The standard InChI is InChI=1S/C10H12ClN3/c11-8-3-1-2-7(4-8)5-9(12)6-10(13)14/h1-4,12H,5-6H2,(H3,13,14). The van der Waals surface area contributed by atoms with E-state index in [0.717, 1.165) is 5.56 Å². The number of hydrogen-bond acceptors (Lipinski definition) is 2. The molecule has 0 aromatic heterocycles. The van der Waals surface area contributed by atoms with E-state index in [9.17, 15) is 0 Å². The van der Waals surface area contributed by atoms with E-state index in [2.05, 4.69) is 0 Å². The number of nitrogens with one attached hydrogen (secondary N) is 2. The third-order valence-corrected chi connectivity index (χ3v) is 1.95. The lowest BCUT2D eigenvalue weighted by molar-refractivity contribution is 1.21. The van der Waals surface area contributed by atoms with Crippen molar-refractivity contribution in [3.8, 4) is 0 Å². The zero-order valence-corrected chi connectivity index (χ0v) is 8.43. The molecule has 74 valence electrons. The van der Waals surface area contributed by atoms with Crippen molar-refractivity contribution in [2.24, 2.45) is 5.73 Å². The fourth-order valence-corrected chi connectivity index (χ4v) is 1.40. The van der Waals surface area contributed by atoms with E-state index >= 15 is 0 Å². The Hall–Kier alpha value is -1.35. The van der Waals surface area contributed by atoms with Crippen LogP contribution in [0.25, 0.3) is 0 Å². The van der Waals surface area contributed by atoms with Gasteiger partial charge in [0.25, 0.3) is 0 Å². The second kappa shape index (κ2) is 4.77. The van der Waals surface area contributed by atoms with Crippen LogP contribution in [0.4, 0.5) is 0 Å². The molecule has 0 atom stereocenters. The first-order chi connectivity index (χ1) is 6.58. The molecule has 0 saturated carbocycles. The van der Waals surface area contributed by atoms with Crippen molar-refractivity contribution in [2.45, 2.75) is 12.8 Å². The van der Waals surface area contributed by atoms with Crippen molar-refractivity contribution in [2.75, 3.05) is 0 Å². The van der Waals surface area contributed by atoms with E-state index in [1.807, 2.05) is 18.2 Å². The zero-order chi connectivity index (χ0) is 10.6. The van der Waals surface area contributed by atoms with Crippen molar-refractivity contribution in [1.29, 1.82) is 10.8 Å². The molecular weight excluding hydrogens is 198 g/mol. The van der Waals surface area contributed by atoms with Gasteiger partial charge < -0.3 is 11.1 Å². The second-order valence-corrected chi connectivity index (χ2v) is 3.55. The van der Waals surface area contributed by atoms with E-state index < -0.39 is 0 Å². The summed E-state index contributed by atoms with van der Waals surface area (Å²) in [5.41, 5.74) is 6.60. The first-order valence-corrected chi connectivity index (χ1v) is 4.59. The molecule has 1 aromatic carbocycles. The molecule has 0 aliphatic carbocycles. The number of amidine groups is 1. The van der Waals surface area contributed by atoms with Crippen LogP contribution in [0.3, 0.4) is 0 Å². The smallest absolute Gasteiger partial charge is 0.0962 e. The number of nitrogens with two attached hydrogens (primary N) is 1. The minimum Gasteiger partial charge on any atom is -0.387 e. The molecule has 3 nitrogen and oxygen atoms in total. The largest absolute Gasteiger partial charge is 0.387 e. The molecule has 1 rings (SSSR count). The topological polar surface area (TPSA) is 73.7 Å². The first kappa shape index (κ1) is 10.7. The first-order valence-electron chi connectivity index (χ1n) is 4.21. The third-order valence-electron chi connectivity index (χ3n) is 1.71. The lowest BCUT2D eigenvalue weighted by Crippen LogP contribution is -2.16. The third kappa shape index (κ3) is 3.58. The van der Waals surface area contributed by atoms with Crippen LogP contribution in [-0.4, -0.2) is 11.5 Å². The van der Waals surface area contributed by atoms with Crippen LogP contribution >= 0.6 is 11.6 Å². The maximum absolute atomic E-state index is 7.56. The normalized spacial score (nSPS) is 9.79. The average molecular weight is 210 g/mol. The van der Waals surface area contributed by atoms with Crippen molar-refractivity contribution in [1.82, 2.24) is 0 Å². The lowest BCUT2D eigenvalue weighted by atomic mass is 10.1. The average Bonchev–Trinajstić information content (AvgIpc) is 2.01. The lowest BCUT2D eigenvalue weighted by Gasteiger charge is -2.03. The van der Waals surface area contributed by atoms with Crippen LogP contribution in [0.1, 0.15) is 12.0 Å². The highest BCUT2D eigenvalue weighted by Gasteiger charge is 2.01. The Morgan fingerprint density at radius 1 is 1.36 bits per heavy atom. The van der Waals surface area contributed by atoms with Crippen molar-refractivity contribution in [3.63, 3.8) is 0 Å².